The Kier molecular flexibility index (Phi) is 4.87. The Bertz CT molecular complexity index is 602. The maximum atomic E-state index is 10.0. The Morgan fingerprint density at radius 3 is 2.74 bits per heavy atom. The lowest BCUT2D eigenvalue weighted by molar-refractivity contribution is 0.421. The first-order valence-electron chi connectivity index (χ1n) is 5.95. The molecule has 5 heteroatoms. The molecule has 0 unspecified atom stereocenters. The lowest BCUT2D eigenvalue weighted by Gasteiger charge is -2.02. The second-order valence-corrected chi connectivity index (χ2v) is 5.48. The topological polar surface area (TPSA) is 41.0 Å². The van der Waals surface area contributed by atoms with E-state index in [1.54, 1.807) is 22.4 Å². The molecule has 0 saturated carbocycles. The first kappa shape index (κ1) is 14.0. The Morgan fingerprint density at radius 2 is 2.05 bits per heavy atom. The van der Waals surface area contributed by atoms with Gasteiger partial charge in [0.2, 0.25) is 5.88 Å². The Morgan fingerprint density at radius 1 is 1.32 bits per heavy atom. The van der Waals surface area contributed by atoms with Gasteiger partial charge < -0.3 is 10.1 Å². The molecule has 3 nitrogen and oxygen atoms in total. The van der Waals surface area contributed by atoms with Crippen molar-refractivity contribution in [2.45, 2.75) is 18.1 Å². The van der Waals surface area contributed by atoms with E-state index in [9.17, 15) is 5.11 Å². The quantitative estimate of drug-likeness (QED) is 0.627. The number of hydrogen-bond donors (Lipinski definition) is 2. The second kappa shape index (κ2) is 6.63. The zero-order valence-corrected chi connectivity index (χ0v) is 12.1. The third-order valence-electron chi connectivity index (χ3n) is 2.70. The molecule has 0 aliphatic carbocycles. The highest BCUT2D eigenvalue weighted by molar-refractivity contribution is 7.97. The van der Waals surface area contributed by atoms with Crippen molar-refractivity contribution in [2.24, 2.45) is 0 Å². The summed E-state index contributed by atoms with van der Waals surface area (Å²) in [6.07, 6.45) is 1.71. The summed E-state index contributed by atoms with van der Waals surface area (Å²) in [5, 5.41) is 10.0. The molecule has 0 spiro atoms. The van der Waals surface area contributed by atoms with Crippen molar-refractivity contribution in [3.8, 4) is 5.88 Å². The number of nitrogens with zero attached hydrogens (tertiary/aromatic N) is 1. The molecule has 0 amide bonds. The number of rotatable bonds is 6. The van der Waals surface area contributed by atoms with Crippen molar-refractivity contribution in [1.29, 1.82) is 0 Å². The van der Waals surface area contributed by atoms with E-state index < -0.39 is 0 Å². The molecule has 0 aliphatic heterocycles. The zero-order valence-electron chi connectivity index (χ0n) is 10.5. The summed E-state index contributed by atoms with van der Waals surface area (Å²) in [6.45, 7) is 4.17. The van der Waals surface area contributed by atoms with Crippen molar-refractivity contribution in [3.63, 3.8) is 0 Å². The molecule has 2 aromatic rings. The van der Waals surface area contributed by atoms with Crippen molar-refractivity contribution in [3.05, 3.63) is 59.0 Å². The SMILES string of the molecule is C=CCn1c(O)c(CSCc2ccccc2)[nH]c1=S. The molecule has 0 radical (unpaired) electrons. The molecule has 0 saturated heterocycles. The van der Waals surface area contributed by atoms with Crippen molar-refractivity contribution in [1.82, 2.24) is 9.55 Å². The lowest BCUT2D eigenvalue weighted by atomic mass is 10.2. The van der Waals surface area contributed by atoms with Crippen LogP contribution in [0.4, 0.5) is 0 Å². The zero-order chi connectivity index (χ0) is 13.7. The summed E-state index contributed by atoms with van der Waals surface area (Å²) >= 11 is 6.90. The average Bonchev–Trinajstić information content (AvgIpc) is 2.68. The van der Waals surface area contributed by atoms with Gasteiger partial charge in [-0.3, -0.25) is 4.57 Å². The molecule has 1 aromatic heterocycles. The first-order chi connectivity index (χ1) is 9.22. The Balaban J connectivity index is 1.98. The number of H-pyrrole nitrogens is 1. The largest absolute Gasteiger partial charge is 0.493 e. The number of aromatic amines is 1. The van der Waals surface area contributed by atoms with E-state index in [1.165, 1.54) is 5.56 Å². The van der Waals surface area contributed by atoms with Crippen molar-refractivity contribution >= 4 is 24.0 Å². The van der Waals surface area contributed by atoms with Crippen LogP contribution in [0.2, 0.25) is 0 Å². The molecule has 19 heavy (non-hydrogen) atoms. The van der Waals surface area contributed by atoms with Gasteiger partial charge in [0.15, 0.2) is 4.77 Å². The molecular weight excluding hydrogens is 276 g/mol. The van der Waals surface area contributed by atoms with Crippen LogP contribution in [0.5, 0.6) is 5.88 Å². The van der Waals surface area contributed by atoms with E-state index in [2.05, 4.69) is 23.7 Å². The maximum absolute atomic E-state index is 10.0. The standard InChI is InChI=1S/C14H16N2OS2/c1-2-8-16-13(17)12(15-14(16)18)10-19-9-11-6-4-3-5-7-11/h2-7,17H,1,8-10H2,(H,15,18). The minimum atomic E-state index is 0.213. The molecule has 1 heterocycles. The third kappa shape index (κ3) is 3.52. The molecule has 100 valence electrons. The van der Waals surface area contributed by atoms with Crippen LogP contribution in [0.15, 0.2) is 43.0 Å². The smallest absolute Gasteiger partial charge is 0.214 e. The van der Waals surface area contributed by atoms with E-state index in [0.717, 1.165) is 11.4 Å². The summed E-state index contributed by atoms with van der Waals surface area (Å²) in [6, 6.07) is 10.3. The number of imidazole rings is 1. The Hall–Kier alpha value is -1.46. The fraction of sp³-hybridized carbons (Fsp3) is 0.214. The van der Waals surface area contributed by atoms with Gasteiger partial charge in [-0.25, -0.2) is 0 Å². The molecule has 0 aliphatic rings. The molecule has 0 atom stereocenters. The van der Waals surface area contributed by atoms with Crippen LogP contribution in [0, 0.1) is 4.77 Å². The lowest BCUT2D eigenvalue weighted by Crippen LogP contribution is -1.93. The van der Waals surface area contributed by atoms with E-state index in [0.29, 0.717) is 17.1 Å². The van der Waals surface area contributed by atoms with Gasteiger partial charge in [-0.05, 0) is 17.8 Å². The molecule has 2 N–H and O–H groups in total. The highest BCUT2D eigenvalue weighted by Gasteiger charge is 2.09. The van der Waals surface area contributed by atoms with Crippen LogP contribution in [0.3, 0.4) is 0 Å². The van der Waals surface area contributed by atoms with Gasteiger partial charge in [-0.1, -0.05) is 36.4 Å². The van der Waals surface area contributed by atoms with Gasteiger partial charge in [0, 0.05) is 18.1 Å². The minimum Gasteiger partial charge on any atom is -0.493 e. The van der Waals surface area contributed by atoms with Gasteiger partial charge in [0.1, 0.15) is 0 Å². The van der Waals surface area contributed by atoms with Crippen LogP contribution in [0.1, 0.15) is 11.3 Å². The summed E-state index contributed by atoms with van der Waals surface area (Å²) in [4.78, 5) is 3.04. The van der Waals surface area contributed by atoms with Crippen molar-refractivity contribution < 1.29 is 5.11 Å². The number of aromatic nitrogens is 2. The number of nitrogens with one attached hydrogen (secondary N) is 1. The third-order valence-corrected chi connectivity index (χ3v) is 4.05. The highest BCUT2D eigenvalue weighted by atomic mass is 32.2. The summed E-state index contributed by atoms with van der Waals surface area (Å²) < 4.78 is 2.17. The van der Waals surface area contributed by atoms with E-state index in [-0.39, 0.29) is 5.88 Å². The number of thioether (sulfide) groups is 1. The van der Waals surface area contributed by atoms with Crippen LogP contribution in [-0.4, -0.2) is 14.7 Å². The summed E-state index contributed by atoms with van der Waals surface area (Å²) in [5.41, 5.74) is 2.05. The molecule has 0 fully saturated rings. The Labute approximate surface area is 122 Å². The fourth-order valence-corrected chi connectivity index (χ4v) is 2.98. The van der Waals surface area contributed by atoms with Gasteiger partial charge >= 0.3 is 0 Å². The highest BCUT2D eigenvalue weighted by Crippen LogP contribution is 2.24. The molecule has 2 rings (SSSR count). The number of allylic oxidation sites excluding steroid dienone is 1. The van der Waals surface area contributed by atoms with Crippen LogP contribution >= 0.6 is 24.0 Å². The minimum absolute atomic E-state index is 0.213. The number of benzene rings is 1. The monoisotopic (exact) mass is 292 g/mol. The van der Waals surface area contributed by atoms with Gasteiger partial charge in [-0.2, -0.15) is 11.8 Å². The van der Waals surface area contributed by atoms with Crippen molar-refractivity contribution in [2.75, 3.05) is 0 Å². The fourth-order valence-electron chi connectivity index (χ4n) is 1.76. The number of hydrogen-bond acceptors (Lipinski definition) is 3. The average molecular weight is 292 g/mol. The molecule has 1 aromatic carbocycles. The van der Waals surface area contributed by atoms with Gasteiger partial charge in [0.25, 0.3) is 0 Å². The molecular formula is C14H16N2OS2. The summed E-state index contributed by atoms with van der Waals surface area (Å²) in [7, 11) is 0. The second-order valence-electron chi connectivity index (χ2n) is 4.11. The maximum Gasteiger partial charge on any atom is 0.214 e. The first-order valence-corrected chi connectivity index (χ1v) is 7.52. The predicted molar refractivity (Wildman–Crippen MR) is 82.9 cm³/mol. The van der Waals surface area contributed by atoms with Crippen LogP contribution in [0.25, 0.3) is 0 Å². The summed E-state index contributed by atoms with van der Waals surface area (Å²) in [5.74, 6) is 1.83. The van der Waals surface area contributed by atoms with Gasteiger partial charge in [0.05, 0.1) is 5.69 Å². The number of aromatic hydroxyl groups is 1. The molecule has 0 bridgehead atoms. The van der Waals surface area contributed by atoms with Crippen LogP contribution in [-0.2, 0) is 18.1 Å². The van der Waals surface area contributed by atoms with Crippen LogP contribution < -0.4 is 0 Å². The van der Waals surface area contributed by atoms with E-state index >= 15 is 0 Å². The van der Waals surface area contributed by atoms with Gasteiger partial charge in [-0.15, -0.1) is 6.58 Å². The normalized spacial score (nSPS) is 10.5. The predicted octanol–water partition coefficient (Wildman–Crippen LogP) is 3.87. The van der Waals surface area contributed by atoms with E-state index in [1.807, 2.05) is 18.2 Å². The van der Waals surface area contributed by atoms with E-state index in [4.69, 9.17) is 12.2 Å².